The van der Waals surface area contributed by atoms with E-state index in [0.717, 1.165) is 31.3 Å². The first-order chi connectivity index (χ1) is 6.31. The lowest BCUT2D eigenvalue weighted by Crippen LogP contribution is -2.16. The van der Waals surface area contributed by atoms with E-state index in [2.05, 4.69) is 0 Å². The summed E-state index contributed by atoms with van der Waals surface area (Å²) in [5.74, 6) is 0. The van der Waals surface area contributed by atoms with Crippen molar-refractivity contribution in [1.82, 2.24) is 0 Å². The van der Waals surface area contributed by atoms with E-state index in [1.54, 1.807) is 7.11 Å². The van der Waals surface area contributed by atoms with Crippen molar-refractivity contribution in [1.29, 1.82) is 10.5 Å². The molecular weight excluding hydrogens is 164 g/mol. The minimum absolute atomic E-state index is 0.195. The van der Waals surface area contributed by atoms with E-state index in [1.165, 1.54) is 0 Å². The fourth-order valence-corrected chi connectivity index (χ4v) is 1.63. The molecule has 0 bridgehead atoms. The van der Waals surface area contributed by atoms with Crippen LogP contribution in [-0.4, -0.2) is 13.2 Å². The standard InChI is InChI=1S/C10H12N2O/c1-13-10-4-2-3-8(5-10)9(6-11)7-12/h10H,2-5H2,1H3. The molecule has 0 aromatic rings. The van der Waals surface area contributed by atoms with Gasteiger partial charge in [-0.2, -0.15) is 10.5 Å². The highest BCUT2D eigenvalue weighted by molar-refractivity contribution is 5.40. The molecule has 0 radical (unpaired) electrons. The van der Waals surface area contributed by atoms with Crippen LogP contribution < -0.4 is 0 Å². The van der Waals surface area contributed by atoms with Gasteiger partial charge in [-0.05, 0) is 31.3 Å². The van der Waals surface area contributed by atoms with Gasteiger partial charge in [-0.15, -0.1) is 0 Å². The predicted octanol–water partition coefficient (Wildman–Crippen LogP) is 1.92. The van der Waals surface area contributed by atoms with E-state index < -0.39 is 0 Å². The molecule has 0 spiro atoms. The molecule has 68 valence electrons. The van der Waals surface area contributed by atoms with Crippen LogP contribution >= 0.6 is 0 Å². The van der Waals surface area contributed by atoms with Crippen LogP contribution in [0.3, 0.4) is 0 Å². The highest BCUT2D eigenvalue weighted by Crippen LogP contribution is 2.27. The molecule has 1 unspecified atom stereocenters. The van der Waals surface area contributed by atoms with Gasteiger partial charge in [0.2, 0.25) is 0 Å². The molecule has 0 heterocycles. The third-order valence-corrected chi connectivity index (χ3v) is 2.39. The zero-order valence-electron chi connectivity index (χ0n) is 7.71. The Bertz CT molecular complexity index is 277. The first-order valence-corrected chi connectivity index (χ1v) is 4.36. The van der Waals surface area contributed by atoms with Gasteiger partial charge in [0, 0.05) is 7.11 Å². The van der Waals surface area contributed by atoms with Crippen molar-refractivity contribution < 1.29 is 4.74 Å². The second-order valence-electron chi connectivity index (χ2n) is 3.16. The Morgan fingerprint density at radius 2 is 2.15 bits per heavy atom. The van der Waals surface area contributed by atoms with E-state index >= 15 is 0 Å². The van der Waals surface area contributed by atoms with Crippen LogP contribution in [0, 0.1) is 22.7 Å². The van der Waals surface area contributed by atoms with E-state index in [9.17, 15) is 0 Å². The molecule has 1 atom stereocenters. The summed E-state index contributed by atoms with van der Waals surface area (Å²) in [4.78, 5) is 0. The second kappa shape index (κ2) is 4.64. The number of ether oxygens (including phenoxy) is 1. The first-order valence-electron chi connectivity index (χ1n) is 4.36. The van der Waals surface area contributed by atoms with Crippen molar-refractivity contribution in [2.24, 2.45) is 0 Å². The summed E-state index contributed by atoms with van der Waals surface area (Å²) in [7, 11) is 1.67. The van der Waals surface area contributed by atoms with E-state index in [4.69, 9.17) is 15.3 Å². The molecule has 1 rings (SSSR count). The third kappa shape index (κ3) is 2.31. The maximum atomic E-state index is 8.67. The number of hydrogen-bond acceptors (Lipinski definition) is 3. The SMILES string of the molecule is COC1CCCC(=C(C#N)C#N)C1. The molecule has 0 saturated heterocycles. The average molecular weight is 176 g/mol. The average Bonchev–Trinajstić information content (AvgIpc) is 2.20. The van der Waals surface area contributed by atoms with Crippen molar-refractivity contribution in [2.75, 3.05) is 7.11 Å². The summed E-state index contributed by atoms with van der Waals surface area (Å²) in [5, 5.41) is 17.3. The topological polar surface area (TPSA) is 56.8 Å². The molecule has 3 heteroatoms. The molecule has 0 aromatic heterocycles. The smallest absolute Gasteiger partial charge is 0.128 e. The lowest BCUT2D eigenvalue weighted by Gasteiger charge is -2.22. The minimum atomic E-state index is 0.195. The molecular formula is C10H12N2O. The van der Waals surface area contributed by atoms with Crippen molar-refractivity contribution >= 4 is 0 Å². The first kappa shape index (κ1) is 9.77. The van der Waals surface area contributed by atoms with Gasteiger partial charge in [-0.1, -0.05) is 0 Å². The van der Waals surface area contributed by atoms with Gasteiger partial charge in [0.15, 0.2) is 0 Å². The molecule has 1 saturated carbocycles. The van der Waals surface area contributed by atoms with E-state index in [1.807, 2.05) is 12.1 Å². The highest BCUT2D eigenvalue weighted by atomic mass is 16.5. The van der Waals surface area contributed by atoms with Crippen molar-refractivity contribution in [2.45, 2.75) is 31.8 Å². The van der Waals surface area contributed by atoms with Crippen LogP contribution in [0.15, 0.2) is 11.1 Å². The number of hydrogen-bond donors (Lipinski definition) is 0. The van der Waals surface area contributed by atoms with Gasteiger partial charge in [-0.25, -0.2) is 0 Å². The Labute approximate surface area is 78.2 Å². The Morgan fingerprint density at radius 1 is 1.46 bits per heavy atom. The van der Waals surface area contributed by atoms with E-state index in [0.29, 0.717) is 0 Å². The fraction of sp³-hybridized carbons (Fsp3) is 0.600. The number of allylic oxidation sites excluding steroid dienone is 1. The number of rotatable bonds is 1. The van der Waals surface area contributed by atoms with Crippen LogP contribution in [0.5, 0.6) is 0 Å². The van der Waals surface area contributed by atoms with Crippen LogP contribution in [0.2, 0.25) is 0 Å². The molecule has 0 aromatic carbocycles. The number of nitrogens with zero attached hydrogens (tertiary/aromatic N) is 2. The van der Waals surface area contributed by atoms with Gasteiger partial charge in [0.1, 0.15) is 17.7 Å². The normalized spacial score (nSPS) is 21.8. The van der Waals surface area contributed by atoms with Crippen LogP contribution in [0.1, 0.15) is 25.7 Å². The molecule has 0 aliphatic heterocycles. The maximum absolute atomic E-state index is 8.67. The highest BCUT2D eigenvalue weighted by Gasteiger charge is 2.19. The lowest BCUT2D eigenvalue weighted by molar-refractivity contribution is 0.0847. The predicted molar refractivity (Wildman–Crippen MR) is 47.5 cm³/mol. The largest absolute Gasteiger partial charge is 0.381 e. The third-order valence-electron chi connectivity index (χ3n) is 2.39. The molecule has 13 heavy (non-hydrogen) atoms. The van der Waals surface area contributed by atoms with Gasteiger partial charge in [-0.3, -0.25) is 0 Å². The Hall–Kier alpha value is -1.32. The zero-order valence-corrected chi connectivity index (χ0v) is 7.71. The molecule has 1 fully saturated rings. The number of nitriles is 2. The maximum Gasteiger partial charge on any atom is 0.128 e. The molecule has 1 aliphatic rings. The summed E-state index contributed by atoms with van der Waals surface area (Å²) in [6, 6.07) is 3.86. The Kier molecular flexibility index (Phi) is 3.49. The summed E-state index contributed by atoms with van der Waals surface area (Å²) in [6.45, 7) is 0. The second-order valence-corrected chi connectivity index (χ2v) is 3.16. The zero-order chi connectivity index (χ0) is 9.68. The van der Waals surface area contributed by atoms with Crippen LogP contribution in [0.25, 0.3) is 0 Å². The van der Waals surface area contributed by atoms with Gasteiger partial charge >= 0.3 is 0 Å². The fourth-order valence-electron chi connectivity index (χ4n) is 1.63. The summed E-state index contributed by atoms with van der Waals surface area (Å²) in [5.41, 5.74) is 1.24. The van der Waals surface area contributed by atoms with Crippen LogP contribution in [-0.2, 0) is 4.74 Å². The van der Waals surface area contributed by atoms with Crippen LogP contribution in [0.4, 0.5) is 0 Å². The lowest BCUT2D eigenvalue weighted by atomic mass is 9.89. The molecule has 0 amide bonds. The van der Waals surface area contributed by atoms with Crippen molar-refractivity contribution in [3.05, 3.63) is 11.1 Å². The van der Waals surface area contributed by atoms with Crippen molar-refractivity contribution in [3.63, 3.8) is 0 Å². The van der Waals surface area contributed by atoms with E-state index in [-0.39, 0.29) is 11.7 Å². The van der Waals surface area contributed by atoms with Gasteiger partial charge < -0.3 is 4.74 Å². The minimum Gasteiger partial charge on any atom is -0.381 e. The monoisotopic (exact) mass is 176 g/mol. The quantitative estimate of drug-likeness (QED) is 0.573. The summed E-state index contributed by atoms with van der Waals surface area (Å²) < 4.78 is 5.21. The Morgan fingerprint density at radius 3 is 2.69 bits per heavy atom. The molecule has 3 nitrogen and oxygen atoms in total. The van der Waals surface area contributed by atoms with Crippen molar-refractivity contribution in [3.8, 4) is 12.1 Å². The van der Waals surface area contributed by atoms with Gasteiger partial charge in [0.05, 0.1) is 6.10 Å². The summed E-state index contributed by atoms with van der Waals surface area (Å²) in [6.07, 6.45) is 3.86. The molecule has 0 N–H and O–H groups in total. The molecule has 1 aliphatic carbocycles. The van der Waals surface area contributed by atoms with Gasteiger partial charge in [0.25, 0.3) is 0 Å². The summed E-state index contributed by atoms with van der Waals surface area (Å²) >= 11 is 0. The number of methoxy groups -OCH3 is 1. The Balaban J connectivity index is 2.77.